The average Bonchev–Trinajstić information content (AvgIpc) is 2.75. The summed E-state index contributed by atoms with van der Waals surface area (Å²) in [5.74, 6) is 0.522. The van der Waals surface area contributed by atoms with Crippen molar-refractivity contribution in [1.82, 2.24) is 20.1 Å². The van der Waals surface area contributed by atoms with Crippen molar-refractivity contribution >= 4 is 5.91 Å². The highest BCUT2D eigenvalue weighted by molar-refractivity contribution is 5.94. The molecule has 6 heteroatoms. The summed E-state index contributed by atoms with van der Waals surface area (Å²) in [4.78, 5) is 11.8. The Morgan fingerprint density at radius 2 is 2.28 bits per heavy atom. The molecule has 2 aromatic rings. The number of phenolic OH excluding ortho intramolecular Hbond substituents is 1. The van der Waals surface area contributed by atoms with Crippen molar-refractivity contribution in [2.75, 3.05) is 0 Å². The molecule has 0 saturated carbocycles. The fourth-order valence-corrected chi connectivity index (χ4v) is 1.48. The molecule has 0 unspecified atom stereocenters. The lowest BCUT2D eigenvalue weighted by molar-refractivity contribution is 0.0949. The molecule has 1 amide bonds. The largest absolute Gasteiger partial charge is 0.508 e. The number of hydrogen-bond donors (Lipinski definition) is 2. The van der Waals surface area contributed by atoms with Gasteiger partial charge in [0.05, 0.1) is 6.54 Å². The molecule has 1 aromatic carbocycles. The molecule has 0 fully saturated rings. The van der Waals surface area contributed by atoms with Crippen LogP contribution in [0.5, 0.6) is 5.75 Å². The first kappa shape index (κ1) is 12.1. The number of aryl methyl sites for hydroxylation is 2. The van der Waals surface area contributed by atoms with Gasteiger partial charge in [-0.2, -0.15) is 0 Å². The van der Waals surface area contributed by atoms with Crippen LogP contribution in [0.3, 0.4) is 0 Å². The molecule has 6 nitrogen and oxygen atoms in total. The molecule has 18 heavy (non-hydrogen) atoms. The van der Waals surface area contributed by atoms with Crippen LogP contribution >= 0.6 is 0 Å². The van der Waals surface area contributed by atoms with Crippen LogP contribution in [0.1, 0.15) is 21.7 Å². The third kappa shape index (κ3) is 2.48. The quantitative estimate of drug-likeness (QED) is 0.837. The lowest BCUT2D eigenvalue weighted by atomic mass is 10.1. The van der Waals surface area contributed by atoms with E-state index < -0.39 is 0 Å². The van der Waals surface area contributed by atoms with Gasteiger partial charge in [0.2, 0.25) is 0 Å². The Kier molecular flexibility index (Phi) is 3.27. The number of carbonyl (C=O) groups is 1. The van der Waals surface area contributed by atoms with Gasteiger partial charge in [-0.05, 0) is 24.6 Å². The minimum Gasteiger partial charge on any atom is -0.508 e. The van der Waals surface area contributed by atoms with Crippen molar-refractivity contribution in [3.05, 3.63) is 41.5 Å². The van der Waals surface area contributed by atoms with E-state index in [-0.39, 0.29) is 11.7 Å². The second kappa shape index (κ2) is 4.87. The van der Waals surface area contributed by atoms with Gasteiger partial charge >= 0.3 is 0 Å². The monoisotopic (exact) mass is 246 g/mol. The van der Waals surface area contributed by atoms with E-state index in [1.54, 1.807) is 37.0 Å². The predicted octanol–water partition coefficient (Wildman–Crippen LogP) is 0.759. The smallest absolute Gasteiger partial charge is 0.251 e. The van der Waals surface area contributed by atoms with Crippen molar-refractivity contribution in [2.24, 2.45) is 7.05 Å². The number of nitrogens with one attached hydrogen (secondary N) is 1. The van der Waals surface area contributed by atoms with Crippen LogP contribution in [0.4, 0.5) is 0 Å². The van der Waals surface area contributed by atoms with Crippen molar-refractivity contribution in [1.29, 1.82) is 0 Å². The number of aromatic nitrogens is 3. The zero-order chi connectivity index (χ0) is 13.1. The Morgan fingerprint density at radius 1 is 1.50 bits per heavy atom. The fourth-order valence-electron chi connectivity index (χ4n) is 1.48. The maximum absolute atomic E-state index is 11.8. The third-order valence-corrected chi connectivity index (χ3v) is 2.68. The first-order valence-corrected chi connectivity index (χ1v) is 5.48. The van der Waals surface area contributed by atoms with E-state index in [2.05, 4.69) is 15.5 Å². The lowest BCUT2D eigenvalue weighted by Gasteiger charge is -2.06. The number of aromatic hydroxyl groups is 1. The standard InChI is InChI=1S/C12H14N4O2/c1-8-3-4-9(5-10(8)17)12(18)13-6-11-15-14-7-16(11)2/h3-5,7,17H,6H2,1-2H3,(H,13,18). The van der Waals surface area contributed by atoms with Crippen molar-refractivity contribution in [2.45, 2.75) is 13.5 Å². The molecule has 2 rings (SSSR count). The van der Waals surface area contributed by atoms with E-state index in [9.17, 15) is 9.90 Å². The Bertz CT molecular complexity index is 577. The van der Waals surface area contributed by atoms with Crippen LogP contribution in [0.25, 0.3) is 0 Å². The molecule has 0 aliphatic heterocycles. The molecule has 0 aliphatic rings. The van der Waals surface area contributed by atoms with Gasteiger partial charge in [-0.1, -0.05) is 6.07 Å². The molecule has 1 heterocycles. The van der Waals surface area contributed by atoms with Gasteiger partial charge in [-0.3, -0.25) is 4.79 Å². The first-order valence-electron chi connectivity index (χ1n) is 5.48. The predicted molar refractivity (Wildman–Crippen MR) is 65.0 cm³/mol. The minimum absolute atomic E-state index is 0.112. The summed E-state index contributed by atoms with van der Waals surface area (Å²) >= 11 is 0. The molecule has 0 saturated heterocycles. The van der Waals surface area contributed by atoms with Crippen LogP contribution < -0.4 is 5.32 Å². The molecule has 0 atom stereocenters. The highest BCUT2D eigenvalue weighted by atomic mass is 16.3. The average molecular weight is 246 g/mol. The van der Waals surface area contributed by atoms with Gasteiger partial charge in [0.1, 0.15) is 12.1 Å². The summed E-state index contributed by atoms with van der Waals surface area (Å²) in [6, 6.07) is 4.81. The first-order chi connectivity index (χ1) is 8.58. The summed E-state index contributed by atoms with van der Waals surface area (Å²) in [6.45, 7) is 2.07. The molecule has 1 aromatic heterocycles. The van der Waals surface area contributed by atoms with E-state index in [1.165, 1.54) is 6.07 Å². The van der Waals surface area contributed by atoms with Gasteiger partial charge in [-0.15, -0.1) is 10.2 Å². The SMILES string of the molecule is Cc1ccc(C(=O)NCc2nncn2C)cc1O. The summed E-state index contributed by atoms with van der Waals surface area (Å²) < 4.78 is 1.73. The maximum Gasteiger partial charge on any atom is 0.251 e. The van der Waals surface area contributed by atoms with Crippen LogP contribution in [0.2, 0.25) is 0 Å². The normalized spacial score (nSPS) is 10.3. The van der Waals surface area contributed by atoms with Crippen LogP contribution in [-0.4, -0.2) is 25.8 Å². The van der Waals surface area contributed by atoms with Gasteiger partial charge in [0, 0.05) is 12.6 Å². The molecular formula is C12H14N4O2. The van der Waals surface area contributed by atoms with Crippen LogP contribution in [0, 0.1) is 6.92 Å². The van der Waals surface area contributed by atoms with E-state index >= 15 is 0 Å². The van der Waals surface area contributed by atoms with Crippen molar-refractivity contribution in [3.8, 4) is 5.75 Å². The van der Waals surface area contributed by atoms with Crippen molar-refractivity contribution in [3.63, 3.8) is 0 Å². The number of benzene rings is 1. The Labute approximate surface area is 104 Å². The van der Waals surface area contributed by atoms with E-state index in [0.717, 1.165) is 5.56 Å². The number of rotatable bonds is 3. The zero-order valence-electron chi connectivity index (χ0n) is 10.2. The van der Waals surface area contributed by atoms with E-state index in [1.807, 2.05) is 0 Å². The minimum atomic E-state index is -0.256. The second-order valence-electron chi connectivity index (χ2n) is 4.04. The summed E-state index contributed by atoms with van der Waals surface area (Å²) in [5, 5.41) is 19.8. The third-order valence-electron chi connectivity index (χ3n) is 2.68. The van der Waals surface area contributed by atoms with Crippen molar-refractivity contribution < 1.29 is 9.90 Å². The molecule has 2 N–H and O–H groups in total. The Balaban J connectivity index is 2.04. The number of nitrogens with zero attached hydrogens (tertiary/aromatic N) is 3. The van der Waals surface area contributed by atoms with Crippen LogP contribution in [0.15, 0.2) is 24.5 Å². The molecule has 94 valence electrons. The molecule has 0 aliphatic carbocycles. The molecular weight excluding hydrogens is 232 g/mol. The maximum atomic E-state index is 11.8. The Hall–Kier alpha value is -2.37. The second-order valence-corrected chi connectivity index (χ2v) is 4.04. The molecule has 0 bridgehead atoms. The van der Waals surface area contributed by atoms with Crippen LogP contribution in [-0.2, 0) is 13.6 Å². The zero-order valence-corrected chi connectivity index (χ0v) is 10.2. The highest BCUT2D eigenvalue weighted by Gasteiger charge is 2.09. The van der Waals surface area contributed by atoms with Gasteiger partial charge in [0.25, 0.3) is 5.91 Å². The van der Waals surface area contributed by atoms with Gasteiger partial charge in [-0.25, -0.2) is 0 Å². The molecule has 0 radical (unpaired) electrons. The highest BCUT2D eigenvalue weighted by Crippen LogP contribution is 2.17. The lowest BCUT2D eigenvalue weighted by Crippen LogP contribution is -2.24. The Morgan fingerprint density at radius 3 is 2.89 bits per heavy atom. The number of amides is 1. The van der Waals surface area contributed by atoms with E-state index in [0.29, 0.717) is 17.9 Å². The van der Waals surface area contributed by atoms with Gasteiger partial charge < -0.3 is 15.0 Å². The summed E-state index contributed by atoms with van der Waals surface area (Å²) in [5.41, 5.74) is 1.15. The number of phenols is 1. The molecule has 0 spiro atoms. The summed E-state index contributed by atoms with van der Waals surface area (Å²) in [7, 11) is 1.80. The topological polar surface area (TPSA) is 80.0 Å². The summed E-state index contributed by atoms with van der Waals surface area (Å²) in [6.07, 6.45) is 1.57. The number of carbonyl (C=O) groups excluding carboxylic acids is 1. The number of hydrogen-bond acceptors (Lipinski definition) is 4. The van der Waals surface area contributed by atoms with Gasteiger partial charge in [0.15, 0.2) is 5.82 Å². The van der Waals surface area contributed by atoms with E-state index in [4.69, 9.17) is 0 Å². The fraction of sp³-hybridized carbons (Fsp3) is 0.250.